The third-order valence-electron chi connectivity index (χ3n) is 3.55. The van der Waals surface area contributed by atoms with Gasteiger partial charge in [-0.1, -0.05) is 18.9 Å². The van der Waals surface area contributed by atoms with Crippen LogP contribution in [0, 0.1) is 0 Å². The van der Waals surface area contributed by atoms with Crippen molar-refractivity contribution in [2.24, 2.45) is 5.73 Å². The predicted molar refractivity (Wildman–Crippen MR) is 78.5 cm³/mol. The molecule has 1 aromatic carbocycles. The summed E-state index contributed by atoms with van der Waals surface area (Å²) < 4.78 is 0. The number of carbonyl (C=O) groups is 2. The highest BCUT2D eigenvalue weighted by atomic mass is 16.2. The number of nitrogens with zero attached hydrogens (tertiary/aromatic N) is 1. The minimum absolute atomic E-state index is 0.108. The van der Waals surface area contributed by atoms with Crippen LogP contribution >= 0.6 is 0 Å². The van der Waals surface area contributed by atoms with Crippen LogP contribution in [0.5, 0.6) is 0 Å². The van der Waals surface area contributed by atoms with E-state index in [-0.39, 0.29) is 12.5 Å². The third-order valence-corrected chi connectivity index (χ3v) is 3.55. The molecule has 0 radical (unpaired) electrons. The van der Waals surface area contributed by atoms with Crippen molar-refractivity contribution in [2.45, 2.75) is 25.7 Å². The summed E-state index contributed by atoms with van der Waals surface area (Å²) in [5, 5.41) is 3.06. The van der Waals surface area contributed by atoms with Gasteiger partial charge >= 0.3 is 0 Å². The highest BCUT2D eigenvalue weighted by Crippen LogP contribution is 2.12. The van der Waals surface area contributed by atoms with E-state index in [1.165, 1.54) is 12.8 Å². The molecule has 2 rings (SSSR count). The maximum Gasteiger partial charge on any atom is 0.248 e. The maximum atomic E-state index is 12.1. The van der Waals surface area contributed by atoms with Crippen molar-refractivity contribution in [3.8, 4) is 0 Å². The Morgan fingerprint density at radius 1 is 1.15 bits per heavy atom. The molecule has 1 saturated heterocycles. The number of nitrogens with two attached hydrogens (primary N) is 1. The van der Waals surface area contributed by atoms with Gasteiger partial charge < -0.3 is 16.0 Å². The zero-order valence-corrected chi connectivity index (χ0v) is 11.6. The van der Waals surface area contributed by atoms with E-state index in [1.54, 1.807) is 18.2 Å². The Labute approximate surface area is 119 Å². The first-order valence-electron chi connectivity index (χ1n) is 7.08. The second-order valence-corrected chi connectivity index (χ2v) is 5.09. The minimum Gasteiger partial charge on any atom is -0.376 e. The Balaban J connectivity index is 1.89. The Kier molecular flexibility index (Phi) is 4.98. The summed E-state index contributed by atoms with van der Waals surface area (Å²) >= 11 is 0. The first-order valence-corrected chi connectivity index (χ1v) is 7.08. The zero-order chi connectivity index (χ0) is 14.4. The molecule has 0 aliphatic carbocycles. The van der Waals surface area contributed by atoms with Gasteiger partial charge in [0.2, 0.25) is 11.8 Å². The standard InChI is InChI=1S/C15H21N3O2/c16-15(20)12-6-5-7-13(10-12)17-11-14(19)18-8-3-1-2-4-9-18/h5-7,10,17H,1-4,8-9,11H2,(H2,16,20). The number of amides is 2. The Bertz CT molecular complexity index is 480. The van der Waals surface area contributed by atoms with Gasteiger partial charge in [0, 0.05) is 24.3 Å². The monoisotopic (exact) mass is 275 g/mol. The van der Waals surface area contributed by atoms with E-state index in [4.69, 9.17) is 5.73 Å². The van der Waals surface area contributed by atoms with Crippen molar-refractivity contribution in [3.05, 3.63) is 29.8 Å². The van der Waals surface area contributed by atoms with E-state index in [0.29, 0.717) is 5.56 Å². The minimum atomic E-state index is -0.465. The lowest BCUT2D eigenvalue weighted by atomic mass is 10.2. The molecule has 1 aromatic rings. The van der Waals surface area contributed by atoms with Crippen LogP contribution in [0.1, 0.15) is 36.0 Å². The molecule has 0 aromatic heterocycles. The summed E-state index contributed by atoms with van der Waals surface area (Å²) in [6.45, 7) is 1.95. The molecule has 2 amide bonds. The Morgan fingerprint density at radius 2 is 1.85 bits per heavy atom. The van der Waals surface area contributed by atoms with Crippen LogP contribution in [-0.4, -0.2) is 36.3 Å². The number of anilines is 1. The summed E-state index contributed by atoms with van der Waals surface area (Å²) in [7, 11) is 0. The van der Waals surface area contributed by atoms with Crippen LogP contribution < -0.4 is 11.1 Å². The van der Waals surface area contributed by atoms with E-state index in [0.717, 1.165) is 31.6 Å². The largest absolute Gasteiger partial charge is 0.376 e. The molecule has 1 aliphatic heterocycles. The average Bonchev–Trinajstić information content (AvgIpc) is 2.74. The molecule has 0 bridgehead atoms. The molecule has 0 unspecified atom stereocenters. The van der Waals surface area contributed by atoms with Crippen molar-refractivity contribution < 1.29 is 9.59 Å². The molecule has 20 heavy (non-hydrogen) atoms. The fourth-order valence-corrected chi connectivity index (χ4v) is 2.39. The molecule has 1 aliphatic rings. The number of primary amides is 1. The molecular weight excluding hydrogens is 254 g/mol. The fourth-order valence-electron chi connectivity index (χ4n) is 2.39. The highest BCUT2D eigenvalue weighted by Gasteiger charge is 2.15. The van der Waals surface area contributed by atoms with Gasteiger partial charge in [0.05, 0.1) is 6.54 Å². The summed E-state index contributed by atoms with van der Waals surface area (Å²) in [5.41, 5.74) is 6.41. The van der Waals surface area contributed by atoms with Gasteiger partial charge in [0.25, 0.3) is 0 Å². The molecular formula is C15H21N3O2. The quantitative estimate of drug-likeness (QED) is 0.876. The van der Waals surface area contributed by atoms with Crippen LogP contribution in [0.3, 0.4) is 0 Å². The third kappa shape index (κ3) is 3.98. The van der Waals surface area contributed by atoms with Gasteiger partial charge in [0.15, 0.2) is 0 Å². The zero-order valence-electron chi connectivity index (χ0n) is 11.6. The molecule has 3 N–H and O–H groups in total. The molecule has 0 saturated carbocycles. The van der Waals surface area contributed by atoms with Crippen molar-refractivity contribution >= 4 is 17.5 Å². The molecule has 1 heterocycles. The SMILES string of the molecule is NC(=O)c1cccc(NCC(=O)N2CCCCCC2)c1. The van der Waals surface area contributed by atoms with Crippen LogP contribution in [0.4, 0.5) is 5.69 Å². The maximum absolute atomic E-state index is 12.1. The number of likely N-dealkylation sites (tertiary alicyclic amines) is 1. The van der Waals surface area contributed by atoms with Crippen molar-refractivity contribution in [3.63, 3.8) is 0 Å². The van der Waals surface area contributed by atoms with Gasteiger partial charge in [-0.15, -0.1) is 0 Å². The second-order valence-electron chi connectivity index (χ2n) is 5.09. The molecule has 5 nitrogen and oxygen atoms in total. The molecule has 0 atom stereocenters. The number of carbonyl (C=O) groups excluding carboxylic acids is 2. The number of benzene rings is 1. The van der Waals surface area contributed by atoms with Crippen LogP contribution in [-0.2, 0) is 4.79 Å². The first kappa shape index (κ1) is 14.4. The topological polar surface area (TPSA) is 75.4 Å². The molecule has 1 fully saturated rings. The van der Waals surface area contributed by atoms with Gasteiger partial charge in [0.1, 0.15) is 0 Å². The van der Waals surface area contributed by atoms with Gasteiger partial charge in [-0.05, 0) is 31.0 Å². The fraction of sp³-hybridized carbons (Fsp3) is 0.467. The normalized spacial score (nSPS) is 15.5. The Hall–Kier alpha value is -2.04. The summed E-state index contributed by atoms with van der Waals surface area (Å²) in [6, 6.07) is 6.89. The van der Waals surface area contributed by atoms with E-state index in [1.807, 2.05) is 11.0 Å². The lowest BCUT2D eigenvalue weighted by molar-refractivity contribution is -0.129. The average molecular weight is 275 g/mol. The summed E-state index contributed by atoms with van der Waals surface area (Å²) in [5.74, 6) is -0.358. The summed E-state index contributed by atoms with van der Waals surface area (Å²) in [6.07, 6.45) is 4.58. The first-order chi connectivity index (χ1) is 9.66. The van der Waals surface area contributed by atoms with Crippen molar-refractivity contribution in [1.82, 2.24) is 4.90 Å². The number of hydrogen-bond acceptors (Lipinski definition) is 3. The van der Waals surface area contributed by atoms with Crippen molar-refractivity contribution in [1.29, 1.82) is 0 Å². The predicted octanol–water partition coefficient (Wildman–Crippen LogP) is 1.60. The molecule has 0 spiro atoms. The Morgan fingerprint density at radius 3 is 2.50 bits per heavy atom. The van der Waals surface area contributed by atoms with E-state index < -0.39 is 5.91 Å². The van der Waals surface area contributed by atoms with Gasteiger partial charge in [-0.2, -0.15) is 0 Å². The van der Waals surface area contributed by atoms with Crippen LogP contribution in [0.15, 0.2) is 24.3 Å². The highest BCUT2D eigenvalue weighted by molar-refractivity contribution is 5.93. The van der Waals surface area contributed by atoms with Crippen LogP contribution in [0.2, 0.25) is 0 Å². The second kappa shape index (κ2) is 6.93. The lowest BCUT2D eigenvalue weighted by Gasteiger charge is -2.20. The van der Waals surface area contributed by atoms with Crippen LogP contribution in [0.25, 0.3) is 0 Å². The van der Waals surface area contributed by atoms with Crippen molar-refractivity contribution in [2.75, 3.05) is 25.0 Å². The number of nitrogens with one attached hydrogen (secondary N) is 1. The lowest BCUT2D eigenvalue weighted by Crippen LogP contribution is -2.36. The number of rotatable bonds is 4. The van der Waals surface area contributed by atoms with Gasteiger partial charge in [-0.25, -0.2) is 0 Å². The summed E-state index contributed by atoms with van der Waals surface area (Å²) in [4.78, 5) is 25.1. The van der Waals surface area contributed by atoms with E-state index >= 15 is 0 Å². The number of hydrogen-bond donors (Lipinski definition) is 2. The van der Waals surface area contributed by atoms with E-state index in [9.17, 15) is 9.59 Å². The molecule has 108 valence electrons. The molecule has 5 heteroatoms. The van der Waals surface area contributed by atoms with Gasteiger partial charge in [-0.3, -0.25) is 9.59 Å². The smallest absolute Gasteiger partial charge is 0.248 e. The van der Waals surface area contributed by atoms with E-state index in [2.05, 4.69) is 5.32 Å².